The average Bonchev–Trinajstić information content (AvgIpc) is 2.59. The molecule has 0 saturated carbocycles. The van der Waals surface area contributed by atoms with Crippen molar-refractivity contribution in [1.29, 1.82) is 0 Å². The molecule has 0 unspecified atom stereocenters. The Hall–Kier alpha value is -1.11. The number of aliphatic hydroxyl groups excluding tert-OH is 1. The summed E-state index contributed by atoms with van der Waals surface area (Å²) in [5, 5.41) is 9.59. The molecular weight excluding hydrogens is 268 g/mol. The fraction of sp³-hybridized carbons (Fsp3) is 0.455. The third kappa shape index (κ3) is 2.82. The quantitative estimate of drug-likeness (QED) is 0.891. The SMILES string of the molecule is CC[C@H](O)[C@H](N)c1ccc2c(c1)OC(F)(F)O2.Cl. The second-order valence-electron chi connectivity index (χ2n) is 3.88. The molecule has 3 N–H and O–H groups in total. The third-order valence-corrected chi connectivity index (χ3v) is 2.64. The van der Waals surface area contributed by atoms with Crippen LogP contribution >= 0.6 is 12.4 Å². The molecule has 1 heterocycles. The van der Waals surface area contributed by atoms with Crippen LogP contribution in [0.25, 0.3) is 0 Å². The van der Waals surface area contributed by atoms with Crippen LogP contribution in [0.2, 0.25) is 0 Å². The average molecular weight is 282 g/mol. The zero-order chi connectivity index (χ0) is 12.6. The van der Waals surface area contributed by atoms with Crippen LogP contribution < -0.4 is 15.2 Å². The van der Waals surface area contributed by atoms with E-state index in [0.717, 1.165) is 0 Å². The smallest absolute Gasteiger partial charge is 0.395 e. The highest BCUT2D eigenvalue weighted by atomic mass is 35.5. The van der Waals surface area contributed by atoms with Gasteiger partial charge in [-0.05, 0) is 24.1 Å². The van der Waals surface area contributed by atoms with Crippen molar-refractivity contribution in [3.05, 3.63) is 23.8 Å². The van der Waals surface area contributed by atoms with E-state index in [1.807, 2.05) is 0 Å². The molecule has 1 aromatic rings. The van der Waals surface area contributed by atoms with Crippen LogP contribution in [-0.2, 0) is 0 Å². The van der Waals surface area contributed by atoms with Crippen molar-refractivity contribution in [2.45, 2.75) is 31.8 Å². The summed E-state index contributed by atoms with van der Waals surface area (Å²) < 4.78 is 34.1. The number of alkyl halides is 2. The molecule has 0 fully saturated rings. The van der Waals surface area contributed by atoms with Crippen LogP contribution in [0.15, 0.2) is 18.2 Å². The molecule has 4 nitrogen and oxygen atoms in total. The largest absolute Gasteiger partial charge is 0.586 e. The zero-order valence-corrected chi connectivity index (χ0v) is 10.4. The Morgan fingerprint density at radius 3 is 2.56 bits per heavy atom. The second-order valence-corrected chi connectivity index (χ2v) is 3.88. The molecule has 1 aliphatic rings. The molecular formula is C11H14ClF2NO3. The monoisotopic (exact) mass is 281 g/mol. The number of fused-ring (bicyclic) bond motifs is 1. The molecule has 1 aromatic carbocycles. The summed E-state index contributed by atoms with van der Waals surface area (Å²) in [6.07, 6.45) is -3.88. The van der Waals surface area contributed by atoms with Gasteiger partial charge in [-0.1, -0.05) is 13.0 Å². The van der Waals surface area contributed by atoms with Crippen molar-refractivity contribution in [2.75, 3.05) is 0 Å². The highest BCUT2D eigenvalue weighted by Crippen LogP contribution is 2.42. The van der Waals surface area contributed by atoms with Crippen molar-refractivity contribution in [2.24, 2.45) is 5.73 Å². The van der Waals surface area contributed by atoms with Crippen molar-refractivity contribution in [3.8, 4) is 11.5 Å². The Kier molecular flexibility index (Phi) is 4.37. The Bertz CT molecular complexity index is 431. The first kappa shape index (κ1) is 14.9. The predicted molar refractivity (Wildman–Crippen MR) is 63.1 cm³/mol. The maximum Gasteiger partial charge on any atom is 0.586 e. The van der Waals surface area contributed by atoms with Gasteiger partial charge in [0.05, 0.1) is 12.1 Å². The highest BCUT2D eigenvalue weighted by molar-refractivity contribution is 5.85. The van der Waals surface area contributed by atoms with Crippen LogP contribution in [-0.4, -0.2) is 17.5 Å². The van der Waals surface area contributed by atoms with Crippen LogP contribution in [0.4, 0.5) is 8.78 Å². The molecule has 0 aliphatic carbocycles. The Balaban J connectivity index is 0.00000162. The maximum absolute atomic E-state index is 12.8. The lowest BCUT2D eigenvalue weighted by Gasteiger charge is -2.17. The first-order valence-electron chi connectivity index (χ1n) is 5.26. The number of ether oxygens (including phenoxy) is 2. The Morgan fingerprint density at radius 1 is 1.33 bits per heavy atom. The molecule has 18 heavy (non-hydrogen) atoms. The van der Waals surface area contributed by atoms with Crippen LogP contribution in [0.1, 0.15) is 24.9 Å². The minimum atomic E-state index is -3.63. The second kappa shape index (κ2) is 5.26. The molecule has 102 valence electrons. The van der Waals surface area contributed by atoms with Gasteiger partial charge >= 0.3 is 6.29 Å². The van der Waals surface area contributed by atoms with Crippen molar-refractivity contribution in [3.63, 3.8) is 0 Å². The molecule has 0 aromatic heterocycles. The van der Waals surface area contributed by atoms with Gasteiger partial charge in [-0.3, -0.25) is 0 Å². The standard InChI is InChI=1S/C11H13F2NO3.ClH/c1-2-7(15)10(14)6-3-4-8-9(5-6)17-11(12,13)16-8;/h3-5,7,10,15H,2,14H2,1H3;1H/t7-,10+;/m0./s1. The molecule has 2 atom stereocenters. The number of hydrogen-bond acceptors (Lipinski definition) is 4. The molecule has 0 amide bonds. The van der Waals surface area contributed by atoms with Gasteiger partial charge in [0.15, 0.2) is 11.5 Å². The Labute approximate surface area is 109 Å². The normalized spacial score (nSPS) is 18.9. The summed E-state index contributed by atoms with van der Waals surface area (Å²) in [6, 6.07) is 3.61. The van der Waals surface area contributed by atoms with Gasteiger partial charge in [-0.2, -0.15) is 0 Å². The number of aliphatic hydroxyl groups is 1. The van der Waals surface area contributed by atoms with E-state index in [9.17, 15) is 13.9 Å². The summed E-state index contributed by atoms with van der Waals surface area (Å²) in [6.45, 7) is 1.78. The van der Waals surface area contributed by atoms with Gasteiger partial charge in [0.25, 0.3) is 0 Å². The number of rotatable bonds is 3. The lowest BCUT2D eigenvalue weighted by Crippen LogP contribution is -2.26. The number of hydrogen-bond donors (Lipinski definition) is 2. The summed E-state index contributed by atoms with van der Waals surface area (Å²) in [7, 11) is 0. The van der Waals surface area contributed by atoms with E-state index in [2.05, 4.69) is 9.47 Å². The first-order valence-corrected chi connectivity index (χ1v) is 5.26. The summed E-state index contributed by atoms with van der Waals surface area (Å²) in [5.41, 5.74) is 6.30. The fourth-order valence-electron chi connectivity index (χ4n) is 1.65. The van der Waals surface area contributed by atoms with Gasteiger partial charge in [-0.25, -0.2) is 0 Å². The maximum atomic E-state index is 12.8. The van der Waals surface area contributed by atoms with E-state index in [4.69, 9.17) is 5.73 Å². The van der Waals surface area contributed by atoms with E-state index in [1.54, 1.807) is 6.92 Å². The van der Waals surface area contributed by atoms with Crippen molar-refractivity contribution in [1.82, 2.24) is 0 Å². The van der Waals surface area contributed by atoms with Crippen molar-refractivity contribution < 1.29 is 23.4 Å². The van der Waals surface area contributed by atoms with Gasteiger partial charge in [0.1, 0.15) is 0 Å². The zero-order valence-electron chi connectivity index (χ0n) is 9.60. The third-order valence-electron chi connectivity index (χ3n) is 2.64. The molecule has 0 radical (unpaired) electrons. The molecule has 0 spiro atoms. The van der Waals surface area contributed by atoms with E-state index >= 15 is 0 Å². The lowest BCUT2D eigenvalue weighted by atomic mass is 10.0. The van der Waals surface area contributed by atoms with Gasteiger partial charge < -0.3 is 20.3 Å². The molecule has 2 rings (SSSR count). The molecule has 1 aliphatic heterocycles. The highest BCUT2D eigenvalue weighted by Gasteiger charge is 2.43. The molecule has 0 bridgehead atoms. The van der Waals surface area contributed by atoms with Crippen LogP contribution in [0, 0.1) is 0 Å². The minimum absolute atomic E-state index is 0. The van der Waals surface area contributed by atoms with Crippen LogP contribution in [0.5, 0.6) is 11.5 Å². The van der Waals surface area contributed by atoms with Gasteiger partial charge in [0.2, 0.25) is 0 Å². The van der Waals surface area contributed by atoms with E-state index in [1.165, 1.54) is 18.2 Å². The van der Waals surface area contributed by atoms with Crippen LogP contribution in [0.3, 0.4) is 0 Å². The van der Waals surface area contributed by atoms with Gasteiger partial charge in [-0.15, -0.1) is 21.2 Å². The topological polar surface area (TPSA) is 64.7 Å². The summed E-state index contributed by atoms with van der Waals surface area (Å²) in [4.78, 5) is 0. The number of benzene rings is 1. The Morgan fingerprint density at radius 2 is 1.94 bits per heavy atom. The minimum Gasteiger partial charge on any atom is -0.395 e. The van der Waals surface area contributed by atoms with E-state index in [-0.39, 0.29) is 23.9 Å². The fourth-order valence-corrected chi connectivity index (χ4v) is 1.65. The van der Waals surface area contributed by atoms with Crippen molar-refractivity contribution >= 4 is 12.4 Å². The lowest BCUT2D eigenvalue weighted by molar-refractivity contribution is -0.286. The molecule has 7 heteroatoms. The van der Waals surface area contributed by atoms with E-state index < -0.39 is 18.4 Å². The van der Waals surface area contributed by atoms with Gasteiger partial charge in [0, 0.05) is 0 Å². The first-order chi connectivity index (χ1) is 7.93. The summed E-state index contributed by atoms with van der Waals surface area (Å²) >= 11 is 0. The predicted octanol–water partition coefficient (Wildman–Crippen LogP) is 2.20. The number of nitrogens with two attached hydrogens (primary N) is 1. The van der Waals surface area contributed by atoms with E-state index in [0.29, 0.717) is 12.0 Å². The molecule has 0 saturated heterocycles. The number of halogens is 3. The summed E-state index contributed by atoms with van der Waals surface area (Å²) in [5.74, 6) is -0.0943.